The monoisotopic (exact) mass is 530 g/mol. The van der Waals surface area contributed by atoms with Gasteiger partial charge in [0.1, 0.15) is 22.4 Å². The van der Waals surface area contributed by atoms with Crippen LogP contribution >= 0.6 is 11.3 Å². The summed E-state index contributed by atoms with van der Waals surface area (Å²) in [6.45, 7) is 11.2. The Bertz CT molecular complexity index is 1250. The highest BCUT2D eigenvalue weighted by molar-refractivity contribution is 7.21. The van der Waals surface area contributed by atoms with Gasteiger partial charge in [0.15, 0.2) is 0 Å². The molecule has 0 bridgehead atoms. The lowest BCUT2D eigenvalue weighted by Crippen LogP contribution is -2.46. The van der Waals surface area contributed by atoms with Crippen molar-refractivity contribution in [2.24, 2.45) is 11.8 Å². The fourth-order valence-corrected chi connectivity index (χ4v) is 6.21. The van der Waals surface area contributed by atoms with Crippen molar-refractivity contribution in [2.75, 3.05) is 17.2 Å². The summed E-state index contributed by atoms with van der Waals surface area (Å²) in [7, 11) is 0. The van der Waals surface area contributed by atoms with Crippen LogP contribution in [0.25, 0.3) is 20.8 Å². The maximum atomic E-state index is 10.8. The fraction of sp³-hybridized carbons (Fsp3) is 0.615. The van der Waals surface area contributed by atoms with E-state index in [2.05, 4.69) is 29.5 Å². The van der Waals surface area contributed by atoms with E-state index in [-0.39, 0.29) is 18.6 Å². The van der Waals surface area contributed by atoms with Crippen molar-refractivity contribution in [3.63, 3.8) is 0 Å². The molecule has 0 radical (unpaired) electrons. The van der Waals surface area contributed by atoms with Crippen molar-refractivity contribution >= 4 is 33.3 Å². The lowest BCUT2D eigenvalue weighted by molar-refractivity contribution is 0.00446. The summed E-state index contributed by atoms with van der Waals surface area (Å²) in [6, 6.07) is 1.10. The summed E-state index contributed by atoms with van der Waals surface area (Å²) in [5, 5.41) is 48.9. The maximum Gasteiger partial charge on any atom is 0.225 e. The van der Waals surface area contributed by atoms with Crippen LogP contribution in [-0.4, -0.2) is 76.9 Å². The molecule has 1 fully saturated rings. The maximum absolute atomic E-state index is 10.8. The number of fused-ring (bicyclic) bond motifs is 1. The molecule has 3 aromatic heterocycles. The van der Waals surface area contributed by atoms with Gasteiger partial charge in [-0.05, 0) is 46.1 Å². The van der Waals surface area contributed by atoms with Crippen LogP contribution in [0.5, 0.6) is 0 Å². The third-order valence-corrected chi connectivity index (χ3v) is 8.45. The van der Waals surface area contributed by atoms with E-state index in [0.717, 1.165) is 22.3 Å². The Morgan fingerprint density at radius 1 is 1.14 bits per heavy atom. The summed E-state index contributed by atoms with van der Waals surface area (Å²) < 4.78 is 0.991. The minimum Gasteiger partial charge on any atom is -0.396 e. The van der Waals surface area contributed by atoms with Crippen LogP contribution in [0.3, 0.4) is 0 Å². The number of thiazole rings is 1. The summed E-state index contributed by atoms with van der Waals surface area (Å²) in [6.07, 6.45) is 0.894. The average Bonchev–Trinajstić information content (AvgIpc) is 3.38. The molecule has 6 atom stereocenters. The first-order chi connectivity index (χ1) is 17.4. The van der Waals surface area contributed by atoms with Gasteiger partial charge in [-0.15, -0.1) is 11.3 Å². The summed E-state index contributed by atoms with van der Waals surface area (Å²) in [5.41, 5.74) is 1.99. The lowest BCUT2D eigenvalue weighted by atomic mass is 9.86. The van der Waals surface area contributed by atoms with Gasteiger partial charge >= 0.3 is 0 Å². The van der Waals surface area contributed by atoms with Gasteiger partial charge in [-0.3, -0.25) is 4.98 Å². The van der Waals surface area contributed by atoms with Crippen molar-refractivity contribution in [1.82, 2.24) is 19.9 Å². The predicted molar refractivity (Wildman–Crippen MR) is 146 cm³/mol. The summed E-state index contributed by atoms with van der Waals surface area (Å²) in [5.74, 6) is 0.532. The van der Waals surface area contributed by atoms with Crippen LogP contribution in [-0.2, 0) is 0 Å². The van der Waals surface area contributed by atoms with E-state index < -0.39 is 29.8 Å². The van der Waals surface area contributed by atoms with Gasteiger partial charge in [-0.25, -0.2) is 9.97 Å². The number of anilines is 2. The molecule has 1 aliphatic carbocycles. The second kappa shape index (κ2) is 10.7. The first kappa shape index (κ1) is 27.6. The van der Waals surface area contributed by atoms with Crippen molar-refractivity contribution in [3.05, 3.63) is 23.7 Å². The normalized spacial score (nSPS) is 23.8. The van der Waals surface area contributed by atoms with E-state index in [1.807, 2.05) is 19.9 Å². The second-order valence-corrected chi connectivity index (χ2v) is 11.7. The minimum absolute atomic E-state index is 0.150. The predicted octanol–water partition coefficient (Wildman–Crippen LogP) is 2.88. The first-order valence-electron chi connectivity index (χ1n) is 12.8. The molecule has 0 amide bonds. The Morgan fingerprint density at radius 2 is 1.86 bits per heavy atom. The standard InChI is InChI=1S/C26H38N6O4S/c1-7-12(2)22(26(5,6)36)31-25-28-13(3)18(24-30-19-14(4)27-9-8-17(19)37-24)23(32-25)29-16-10-15(11-33)20(34)21(16)35/h8-9,12,15-16,20-22,33-36H,7,10-11H2,1-6H3,(H2,28,29,31,32)/t12-,15+,16+,20+,21-,22-/m0/s1. The highest BCUT2D eigenvalue weighted by atomic mass is 32.1. The highest BCUT2D eigenvalue weighted by Crippen LogP contribution is 2.39. The molecule has 1 saturated carbocycles. The highest BCUT2D eigenvalue weighted by Gasteiger charge is 2.42. The van der Waals surface area contributed by atoms with E-state index in [0.29, 0.717) is 34.5 Å². The van der Waals surface area contributed by atoms with Gasteiger partial charge in [0.25, 0.3) is 0 Å². The number of hydrogen-bond acceptors (Lipinski definition) is 11. The van der Waals surface area contributed by atoms with Crippen molar-refractivity contribution < 1.29 is 20.4 Å². The Balaban J connectivity index is 1.80. The molecule has 11 heteroatoms. The van der Waals surface area contributed by atoms with Crippen LogP contribution in [0.1, 0.15) is 51.9 Å². The molecule has 0 spiro atoms. The summed E-state index contributed by atoms with van der Waals surface area (Å²) >= 11 is 1.51. The van der Waals surface area contributed by atoms with Crippen molar-refractivity contribution in [1.29, 1.82) is 0 Å². The number of nitrogens with zero attached hydrogens (tertiary/aromatic N) is 4. The number of aliphatic hydroxyl groups excluding tert-OH is 3. The number of aliphatic hydroxyl groups is 4. The zero-order valence-corrected chi connectivity index (χ0v) is 23.0. The zero-order valence-electron chi connectivity index (χ0n) is 22.2. The largest absolute Gasteiger partial charge is 0.396 e. The Morgan fingerprint density at radius 3 is 2.46 bits per heavy atom. The number of rotatable bonds is 9. The van der Waals surface area contributed by atoms with Crippen molar-refractivity contribution in [2.45, 2.75) is 84.3 Å². The van der Waals surface area contributed by atoms with E-state index >= 15 is 0 Å². The average molecular weight is 531 g/mol. The number of pyridine rings is 1. The molecule has 0 unspecified atom stereocenters. The molecule has 0 saturated heterocycles. The van der Waals surface area contributed by atoms with Crippen LogP contribution in [0.2, 0.25) is 0 Å². The Kier molecular flexibility index (Phi) is 8.01. The minimum atomic E-state index is -1.07. The van der Waals surface area contributed by atoms with E-state index in [4.69, 9.17) is 15.0 Å². The first-order valence-corrected chi connectivity index (χ1v) is 13.6. The Labute approximate surface area is 221 Å². The molecular formula is C26H38N6O4S. The Hall–Kier alpha value is -2.44. The molecule has 10 nitrogen and oxygen atoms in total. The number of hydrogen-bond donors (Lipinski definition) is 6. The molecule has 1 aliphatic rings. The third-order valence-electron chi connectivity index (χ3n) is 7.41. The number of nitrogens with one attached hydrogen (secondary N) is 2. The number of aromatic nitrogens is 4. The van der Waals surface area contributed by atoms with Crippen LogP contribution in [0.15, 0.2) is 12.3 Å². The van der Waals surface area contributed by atoms with Gasteiger partial charge < -0.3 is 31.1 Å². The molecule has 202 valence electrons. The molecule has 0 aliphatic heterocycles. The SMILES string of the molecule is CC[C@H](C)[C@H](Nc1nc(C)c(-c2nc3c(C)nccc3s2)c(N[C@@H]2C[C@H](CO)[C@@H](O)[C@H]2O)n1)C(C)(C)O. The van der Waals surface area contributed by atoms with E-state index in [1.165, 1.54) is 11.3 Å². The topological polar surface area (TPSA) is 157 Å². The molecule has 3 heterocycles. The van der Waals surface area contributed by atoms with Crippen LogP contribution in [0, 0.1) is 25.7 Å². The molecule has 0 aromatic carbocycles. The van der Waals surface area contributed by atoms with Crippen LogP contribution in [0.4, 0.5) is 11.8 Å². The van der Waals surface area contributed by atoms with E-state index in [9.17, 15) is 20.4 Å². The quantitative estimate of drug-likeness (QED) is 0.243. The van der Waals surface area contributed by atoms with Crippen LogP contribution < -0.4 is 10.6 Å². The second-order valence-electron chi connectivity index (χ2n) is 10.7. The third kappa shape index (κ3) is 5.56. The fourth-order valence-electron chi connectivity index (χ4n) is 5.10. The molecule has 4 rings (SSSR count). The molecular weight excluding hydrogens is 492 g/mol. The summed E-state index contributed by atoms with van der Waals surface area (Å²) in [4.78, 5) is 18.7. The molecule has 37 heavy (non-hydrogen) atoms. The van der Waals surface area contributed by atoms with Gasteiger partial charge in [0.2, 0.25) is 5.95 Å². The zero-order chi connectivity index (χ0) is 27.1. The van der Waals surface area contributed by atoms with Gasteiger partial charge in [-0.1, -0.05) is 20.3 Å². The molecule has 6 N–H and O–H groups in total. The lowest BCUT2D eigenvalue weighted by Gasteiger charge is -2.34. The molecule has 3 aromatic rings. The van der Waals surface area contributed by atoms with E-state index in [1.54, 1.807) is 20.0 Å². The smallest absolute Gasteiger partial charge is 0.225 e. The van der Waals surface area contributed by atoms with Gasteiger partial charge in [0.05, 0.1) is 45.4 Å². The number of aryl methyl sites for hydroxylation is 2. The van der Waals surface area contributed by atoms with Gasteiger partial charge in [0, 0.05) is 18.7 Å². The van der Waals surface area contributed by atoms with Gasteiger partial charge in [-0.2, -0.15) is 4.98 Å². The van der Waals surface area contributed by atoms with Crippen molar-refractivity contribution in [3.8, 4) is 10.6 Å².